The molecule has 19 heavy (non-hydrogen) atoms. The number of hydrogen-bond donors (Lipinski definition) is 1. The van der Waals surface area contributed by atoms with Crippen LogP contribution in [-0.2, 0) is 11.2 Å². The molecule has 2 aromatic rings. The molecule has 0 radical (unpaired) electrons. The van der Waals surface area contributed by atoms with Gasteiger partial charge in [-0.3, -0.25) is 0 Å². The van der Waals surface area contributed by atoms with Crippen LogP contribution in [0.4, 0.5) is 0 Å². The van der Waals surface area contributed by atoms with Crippen molar-refractivity contribution in [2.75, 3.05) is 26.8 Å². The molecule has 2 heteroatoms. The summed E-state index contributed by atoms with van der Waals surface area (Å²) in [5.74, 6) is 0.627. The Kier molecular flexibility index (Phi) is 5.37. The maximum Gasteiger partial charge on any atom is 0.0587 e. The standard InChI is InChI=1S/C17H23NO/c1-14(13-18-10-11-19-2)12-16-8-5-7-15-6-3-4-9-17(15)16/h3-9,14,18H,10-13H2,1-2H3. The minimum absolute atomic E-state index is 0.627. The van der Waals surface area contributed by atoms with E-state index >= 15 is 0 Å². The third-order valence-electron chi connectivity index (χ3n) is 3.42. The van der Waals surface area contributed by atoms with E-state index in [1.165, 1.54) is 16.3 Å². The van der Waals surface area contributed by atoms with Gasteiger partial charge in [0.15, 0.2) is 0 Å². The average Bonchev–Trinajstić information content (AvgIpc) is 2.44. The summed E-state index contributed by atoms with van der Waals surface area (Å²) < 4.78 is 5.04. The van der Waals surface area contributed by atoms with Crippen LogP contribution in [0.2, 0.25) is 0 Å². The molecule has 0 aliphatic rings. The second kappa shape index (κ2) is 7.27. The Bertz CT molecular complexity index is 504. The first kappa shape index (κ1) is 14.0. The summed E-state index contributed by atoms with van der Waals surface area (Å²) >= 11 is 0. The highest BCUT2D eigenvalue weighted by molar-refractivity contribution is 5.85. The molecule has 0 amide bonds. The topological polar surface area (TPSA) is 21.3 Å². The number of rotatable bonds is 7. The summed E-state index contributed by atoms with van der Waals surface area (Å²) in [7, 11) is 1.74. The van der Waals surface area contributed by atoms with E-state index in [-0.39, 0.29) is 0 Å². The van der Waals surface area contributed by atoms with E-state index in [1.807, 2.05) is 0 Å². The number of nitrogens with one attached hydrogen (secondary N) is 1. The Labute approximate surface area is 115 Å². The van der Waals surface area contributed by atoms with Gasteiger partial charge in [0.1, 0.15) is 0 Å². The van der Waals surface area contributed by atoms with Gasteiger partial charge >= 0.3 is 0 Å². The van der Waals surface area contributed by atoms with Crippen molar-refractivity contribution in [3.8, 4) is 0 Å². The lowest BCUT2D eigenvalue weighted by atomic mass is 9.96. The Morgan fingerprint density at radius 3 is 2.74 bits per heavy atom. The van der Waals surface area contributed by atoms with Crippen molar-refractivity contribution in [3.05, 3.63) is 48.0 Å². The second-order valence-corrected chi connectivity index (χ2v) is 5.14. The molecule has 0 heterocycles. The Balaban J connectivity index is 1.97. The molecule has 0 fully saturated rings. The fourth-order valence-electron chi connectivity index (χ4n) is 2.44. The van der Waals surface area contributed by atoms with Gasteiger partial charge in [-0.25, -0.2) is 0 Å². The molecule has 0 saturated carbocycles. The summed E-state index contributed by atoms with van der Waals surface area (Å²) in [6, 6.07) is 15.2. The number of hydrogen-bond acceptors (Lipinski definition) is 2. The first-order valence-corrected chi connectivity index (χ1v) is 6.97. The number of benzene rings is 2. The van der Waals surface area contributed by atoms with Gasteiger partial charge in [-0.05, 0) is 35.2 Å². The summed E-state index contributed by atoms with van der Waals surface area (Å²) in [6.07, 6.45) is 1.11. The fourth-order valence-corrected chi connectivity index (χ4v) is 2.44. The lowest BCUT2D eigenvalue weighted by Gasteiger charge is -2.14. The van der Waals surface area contributed by atoms with Crippen molar-refractivity contribution in [2.45, 2.75) is 13.3 Å². The molecule has 0 aromatic heterocycles. The highest BCUT2D eigenvalue weighted by Gasteiger charge is 2.06. The van der Waals surface area contributed by atoms with E-state index in [9.17, 15) is 0 Å². The van der Waals surface area contributed by atoms with Crippen molar-refractivity contribution in [3.63, 3.8) is 0 Å². The third kappa shape index (κ3) is 4.05. The van der Waals surface area contributed by atoms with Crippen LogP contribution < -0.4 is 5.32 Å². The lowest BCUT2D eigenvalue weighted by molar-refractivity contribution is 0.198. The molecular formula is C17H23NO. The van der Waals surface area contributed by atoms with E-state index < -0.39 is 0 Å². The molecule has 2 rings (SSSR count). The highest BCUT2D eigenvalue weighted by atomic mass is 16.5. The van der Waals surface area contributed by atoms with Crippen molar-refractivity contribution in [1.29, 1.82) is 0 Å². The van der Waals surface area contributed by atoms with Crippen molar-refractivity contribution < 1.29 is 4.74 Å². The van der Waals surface area contributed by atoms with Crippen LogP contribution in [0.1, 0.15) is 12.5 Å². The predicted molar refractivity (Wildman–Crippen MR) is 81.6 cm³/mol. The fraction of sp³-hybridized carbons (Fsp3) is 0.412. The van der Waals surface area contributed by atoms with Gasteiger partial charge in [0.05, 0.1) is 6.61 Å². The van der Waals surface area contributed by atoms with Gasteiger partial charge in [0, 0.05) is 13.7 Å². The van der Waals surface area contributed by atoms with Gasteiger partial charge in [0.25, 0.3) is 0 Å². The van der Waals surface area contributed by atoms with Gasteiger partial charge in [-0.2, -0.15) is 0 Å². The van der Waals surface area contributed by atoms with Crippen molar-refractivity contribution >= 4 is 10.8 Å². The Hall–Kier alpha value is -1.38. The van der Waals surface area contributed by atoms with E-state index in [2.05, 4.69) is 54.7 Å². The van der Waals surface area contributed by atoms with E-state index in [0.29, 0.717) is 5.92 Å². The van der Waals surface area contributed by atoms with Gasteiger partial charge < -0.3 is 10.1 Å². The molecule has 0 aliphatic heterocycles. The quantitative estimate of drug-likeness (QED) is 0.769. The van der Waals surface area contributed by atoms with Gasteiger partial charge in [-0.1, -0.05) is 49.4 Å². The minimum atomic E-state index is 0.627. The zero-order valence-electron chi connectivity index (χ0n) is 11.9. The third-order valence-corrected chi connectivity index (χ3v) is 3.42. The second-order valence-electron chi connectivity index (χ2n) is 5.14. The zero-order valence-corrected chi connectivity index (χ0v) is 11.9. The molecule has 2 nitrogen and oxygen atoms in total. The number of fused-ring (bicyclic) bond motifs is 1. The Morgan fingerprint density at radius 1 is 1.11 bits per heavy atom. The molecule has 0 bridgehead atoms. The van der Waals surface area contributed by atoms with Gasteiger partial charge in [-0.15, -0.1) is 0 Å². The first-order chi connectivity index (χ1) is 9.31. The molecule has 0 saturated heterocycles. The smallest absolute Gasteiger partial charge is 0.0587 e. The van der Waals surface area contributed by atoms with E-state index in [0.717, 1.165) is 26.1 Å². The largest absolute Gasteiger partial charge is 0.383 e. The first-order valence-electron chi connectivity index (χ1n) is 6.97. The molecule has 0 aliphatic carbocycles. The monoisotopic (exact) mass is 257 g/mol. The van der Waals surface area contributed by atoms with Crippen LogP contribution in [0, 0.1) is 5.92 Å². The van der Waals surface area contributed by atoms with Gasteiger partial charge in [0.2, 0.25) is 0 Å². The maximum atomic E-state index is 5.04. The van der Waals surface area contributed by atoms with E-state index in [1.54, 1.807) is 7.11 Å². The molecule has 2 aromatic carbocycles. The van der Waals surface area contributed by atoms with Crippen molar-refractivity contribution in [1.82, 2.24) is 5.32 Å². The number of methoxy groups -OCH3 is 1. The van der Waals surface area contributed by atoms with Crippen LogP contribution >= 0.6 is 0 Å². The van der Waals surface area contributed by atoms with Crippen LogP contribution in [-0.4, -0.2) is 26.8 Å². The maximum absolute atomic E-state index is 5.04. The summed E-state index contributed by atoms with van der Waals surface area (Å²) in [5, 5.41) is 6.15. The Morgan fingerprint density at radius 2 is 1.89 bits per heavy atom. The van der Waals surface area contributed by atoms with E-state index in [4.69, 9.17) is 4.74 Å². The summed E-state index contributed by atoms with van der Waals surface area (Å²) in [4.78, 5) is 0. The molecule has 0 spiro atoms. The predicted octanol–water partition coefficient (Wildman–Crippen LogP) is 3.25. The molecule has 1 N–H and O–H groups in total. The lowest BCUT2D eigenvalue weighted by Crippen LogP contribution is -2.25. The molecular weight excluding hydrogens is 234 g/mol. The minimum Gasteiger partial charge on any atom is -0.383 e. The van der Waals surface area contributed by atoms with Crippen LogP contribution in [0.15, 0.2) is 42.5 Å². The van der Waals surface area contributed by atoms with Crippen LogP contribution in [0.5, 0.6) is 0 Å². The zero-order chi connectivity index (χ0) is 13.5. The molecule has 102 valence electrons. The molecule has 1 unspecified atom stereocenters. The normalized spacial score (nSPS) is 12.7. The summed E-state index contributed by atoms with van der Waals surface area (Å²) in [5.41, 5.74) is 1.44. The van der Waals surface area contributed by atoms with Crippen LogP contribution in [0.25, 0.3) is 10.8 Å². The average molecular weight is 257 g/mol. The van der Waals surface area contributed by atoms with Crippen LogP contribution in [0.3, 0.4) is 0 Å². The number of ether oxygens (including phenoxy) is 1. The van der Waals surface area contributed by atoms with Crippen molar-refractivity contribution in [2.24, 2.45) is 5.92 Å². The SMILES string of the molecule is COCCNCC(C)Cc1cccc2ccccc12. The molecule has 1 atom stereocenters. The summed E-state index contributed by atoms with van der Waals surface area (Å²) in [6.45, 7) is 5.03. The highest BCUT2D eigenvalue weighted by Crippen LogP contribution is 2.20.